The Morgan fingerprint density at radius 3 is 3.05 bits per heavy atom. The molecule has 1 amide bonds. The SMILES string of the molecule is CC1CCOC1C(=O)Nc1cc(C#CCCO)ccc1Cl. The number of carbonyl (C=O) groups excluding carboxylic acids is 1. The van der Waals surface area contributed by atoms with Crippen molar-refractivity contribution in [3.05, 3.63) is 28.8 Å². The van der Waals surface area contributed by atoms with E-state index in [9.17, 15) is 4.79 Å². The molecule has 0 spiro atoms. The van der Waals surface area contributed by atoms with E-state index in [4.69, 9.17) is 21.4 Å². The van der Waals surface area contributed by atoms with Crippen LogP contribution in [0.4, 0.5) is 5.69 Å². The van der Waals surface area contributed by atoms with Crippen molar-refractivity contribution < 1.29 is 14.6 Å². The van der Waals surface area contributed by atoms with Crippen LogP contribution in [0.2, 0.25) is 5.02 Å². The third-order valence-electron chi connectivity index (χ3n) is 3.34. The molecular formula is C16H18ClNO3. The van der Waals surface area contributed by atoms with Crippen molar-refractivity contribution in [2.75, 3.05) is 18.5 Å². The van der Waals surface area contributed by atoms with Gasteiger partial charge in [0.1, 0.15) is 6.10 Å². The molecule has 1 aliphatic rings. The highest BCUT2D eigenvalue weighted by Gasteiger charge is 2.31. The van der Waals surface area contributed by atoms with Gasteiger partial charge in [0.25, 0.3) is 5.91 Å². The minimum atomic E-state index is -0.426. The van der Waals surface area contributed by atoms with Gasteiger partial charge in [0, 0.05) is 18.6 Å². The number of rotatable bonds is 3. The molecule has 0 bridgehead atoms. The fourth-order valence-electron chi connectivity index (χ4n) is 2.15. The molecular weight excluding hydrogens is 290 g/mol. The molecule has 2 atom stereocenters. The summed E-state index contributed by atoms with van der Waals surface area (Å²) >= 11 is 6.10. The predicted molar refractivity (Wildman–Crippen MR) is 82.2 cm³/mol. The Morgan fingerprint density at radius 2 is 2.38 bits per heavy atom. The Morgan fingerprint density at radius 1 is 1.57 bits per heavy atom. The summed E-state index contributed by atoms with van der Waals surface area (Å²) < 4.78 is 5.44. The highest BCUT2D eigenvalue weighted by Crippen LogP contribution is 2.26. The van der Waals surface area contributed by atoms with E-state index in [1.807, 2.05) is 6.92 Å². The second-order valence-electron chi connectivity index (χ2n) is 5.02. The second-order valence-corrected chi connectivity index (χ2v) is 5.42. The van der Waals surface area contributed by atoms with E-state index >= 15 is 0 Å². The van der Waals surface area contributed by atoms with Gasteiger partial charge in [-0.3, -0.25) is 4.79 Å². The second kappa shape index (κ2) is 7.46. The van der Waals surface area contributed by atoms with Gasteiger partial charge in [-0.25, -0.2) is 0 Å². The largest absolute Gasteiger partial charge is 0.395 e. The number of ether oxygens (including phenoxy) is 1. The Hall–Kier alpha value is -1.54. The molecule has 1 aliphatic heterocycles. The number of nitrogens with one attached hydrogen (secondary N) is 1. The number of aliphatic hydroxyl groups is 1. The molecule has 2 rings (SSSR count). The summed E-state index contributed by atoms with van der Waals surface area (Å²) in [5, 5.41) is 12.0. The summed E-state index contributed by atoms with van der Waals surface area (Å²) in [4.78, 5) is 12.2. The minimum Gasteiger partial charge on any atom is -0.395 e. The van der Waals surface area contributed by atoms with Gasteiger partial charge in [0.2, 0.25) is 0 Å². The lowest BCUT2D eigenvalue weighted by atomic mass is 10.0. The summed E-state index contributed by atoms with van der Waals surface area (Å²) in [6, 6.07) is 5.19. The van der Waals surface area contributed by atoms with E-state index in [1.165, 1.54) is 0 Å². The van der Waals surface area contributed by atoms with Crippen molar-refractivity contribution in [2.24, 2.45) is 5.92 Å². The smallest absolute Gasteiger partial charge is 0.253 e. The number of aliphatic hydroxyl groups excluding tert-OH is 1. The molecule has 1 saturated heterocycles. The summed E-state index contributed by atoms with van der Waals surface area (Å²) in [6.07, 6.45) is 0.876. The molecule has 21 heavy (non-hydrogen) atoms. The van der Waals surface area contributed by atoms with Gasteiger partial charge in [0.05, 0.1) is 17.3 Å². The van der Waals surface area contributed by atoms with Crippen molar-refractivity contribution in [3.8, 4) is 11.8 Å². The lowest BCUT2D eigenvalue weighted by Gasteiger charge is -2.15. The standard InChI is InChI=1S/C16H18ClNO3/c1-11-7-9-21-15(11)16(20)18-14-10-12(4-2-3-8-19)5-6-13(14)17/h5-6,10-11,15,19H,3,7-9H2,1H3,(H,18,20). The van der Waals surface area contributed by atoms with Crippen LogP contribution in [0.15, 0.2) is 18.2 Å². The molecule has 1 aromatic rings. The van der Waals surface area contributed by atoms with E-state index in [-0.39, 0.29) is 18.4 Å². The van der Waals surface area contributed by atoms with Crippen LogP contribution in [0, 0.1) is 17.8 Å². The maximum Gasteiger partial charge on any atom is 0.253 e. The Balaban J connectivity index is 2.10. The molecule has 0 aliphatic carbocycles. The molecule has 2 unspecified atom stereocenters. The van der Waals surface area contributed by atoms with Crippen LogP contribution >= 0.6 is 11.6 Å². The van der Waals surface area contributed by atoms with E-state index in [2.05, 4.69) is 17.2 Å². The molecule has 1 fully saturated rings. The van der Waals surface area contributed by atoms with Crippen LogP contribution in [-0.4, -0.2) is 30.3 Å². The van der Waals surface area contributed by atoms with Crippen molar-refractivity contribution >= 4 is 23.2 Å². The van der Waals surface area contributed by atoms with Crippen molar-refractivity contribution in [3.63, 3.8) is 0 Å². The minimum absolute atomic E-state index is 0.0289. The highest BCUT2D eigenvalue weighted by molar-refractivity contribution is 6.33. The van der Waals surface area contributed by atoms with Crippen LogP contribution in [0.1, 0.15) is 25.3 Å². The summed E-state index contributed by atoms with van der Waals surface area (Å²) in [5.74, 6) is 5.77. The van der Waals surface area contributed by atoms with Gasteiger partial charge >= 0.3 is 0 Å². The van der Waals surface area contributed by atoms with Crippen LogP contribution in [0.25, 0.3) is 0 Å². The quantitative estimate of drug-likeness (QED) is 0.843. The van der Waals surface area contributed by atoms with E-state index in [0.29, 0.717) is 23.7 Å². The summed E-state index contributed by atoms with van der Waals surface area (Å²) in [6.45, 7) is 2.64. The maximum absolute atomic E-state index is 12.2. The molecule has 1 aromatic carbocycles. The van der Waals surface area contributed by atoms with Gasteiger partial charge in [-0.1, -0.05) is 30.4 Å². The topological polar surface area (TPSA) is 58.6 Å². The number of amides is 1. The zero-order valence-electron chi connectivity index (χ0n) is 11.9. The van der Waals surface area contributed by atoms with Gasteiger partial charge in [-0.2, -0.15) is 0 Å². The summed E-state index contributed by atoms with van der Waals surface area (Å²) in [7, 11) is 0. The number of carbonyl (C=O) groups is 1. The van der Waals surface area contributed by atoms with Crippen LogP contribution in [0.5, 0.6) is 0 Å². The lowest BCUT2D eigenvalue weighted by Crippen LogP contribution is -2.31. The van der Waals surface area contributed by atoms with Crippen molar-refractivity contribution in [1.29, 1.82) is 0 Å². The Kier molecular flexibility index (Phi) is 5.63. The predicted octanol–water partition coefficient (Wildman–Crippen LogP) is 2.44. The van der Waals surface area contributed by atoms with E-state index < -0.39 is 6.10 Å². The van der Waals surface area contributed by atoms with Crippen molar-refractivity contribution in [2.45, 2.75) is 25.9 Å². The van der Waals surface area contributed by atoms with Crippen LogP contribution < -0.4 is 5.32 Å². The normalized spacial score (nSPS) is 20.7. The van der Waals surface area contributed by atoms with E-state index in [0.717, 1.165) is 12.0 Å². The first-order valence-corrected chi connectivity index (χ1v) is 7.31. The molecule has 5 heteroatoms. The molecule has 4 nitrogen and oxygen atoms in total. The maximum atomic E-state index is 12.2. The Bertz CT molecular complexity index is 577. The van der Waals surface area contributed by atoms with Gasteiger partial charge in [0.15, 0.2) is 0 Å². The first-order chi connectivity index (χ1) is 10.1. The molecule has 0 saturated carbocycles. The average Bonchev–Trinajstić information content (AvgIpc) is 2.89. The first-order valence-electron chi connectivity index (χ1n) is 6.93. The van der Waals surface area contributed by atoms with Crippen LogP contribution in [0.3, 0.4) is 0 Å². The number of hydrogen-bond acceptors (Lipinski definition) is 3. The van der Waals surface area contributed by atoms with E-state index in [1.54, 1.807) is 18.2 Å². The average molecular weight is 308 g/mol. The molecule has 0 aromatic heterocycles. The lowest BCUT2D eigenvalue weighted by molar-refractivity contribution is -0.126. The molecule has 2 N–H and O–H groups in total. The fraction of sp³-hybridized carbons (Fsp3) is 0.438. The zero-order chi connectivity index (χ0) is 15.2. The molecule has 0 radical (unpaired) electrons. The molecule has 1 heterocycles. The number of benzene rings is 1. The van der Waals surface area contributed by atoms with Gasteiger partial charge in [-0.15, -0.1) is 0 Å². The fourth-order valence-corrected chi connectivity index (χ4v) is 2.32. The van der Waals surface area contributed by atoms with Crippen LogP contribution in [-0.2, 0) is 9.53 Å². The van der Waals surface area contributed by atoms with Crippen molar-refractivity contribution in [1.82, 2.24) is 0 Å². The molecule has 112 valence electrons. The van der Waals surface area contributed by atoms with Gasteiger partial charge < -0.3 is 15.2 Å². The highest BCUT2D eigenvalue weighted by atomic mass is 35.5. The Labute approximate surface area is 129 Å². The number of hydrogen-bond donors (Lipinski definition) is 2. The number of halogens is 1. The monoisotopic (exact) mass is 307 g/mol. The first kappa shape index (κ1) is 15.8. The van der Waals surface area contributed by atoms with Gasteiger partial charge in [-0.05, 0) is 30.5 Å². The third kappa shape index (κ3) is 4.21. The zero-order valence-corrected chi connectivity index (χ0v) is 12.6. The number of anilines is 1. The summed E-state index contributed by atoms with van der Waals surface area (Å²) in [5.41, 5.74) is 1.27. The third-order valence-corrected chi connectivity index (χ3v) is 3.67.